The second kappa shape index (κ2) is 8.27. The SMILES string of the molecule is O=C(CCn1cc(Br)c([N+](=O)[O-])n1)Nc1ncn(Cc2ccccc2Cl)n1. The highest BCUT2D eigenvalue weighted by molar-refractivity contribution is 9.10. The van der Waals surface area contributed by atoms with Gasteiger partial charge in [0, 0.05) is 11.4 Å². The number of aromatic nitrogens is 5. The fourth-order valence-corrected chi connectivity index (χ4v) is 2.91. The Morgan fingerprint density at radius 2 is 2.07 bits per heavy atom. The lowest BCUT2D eigenvalue weighted by atomic mass is 10.2. The molecule has 0 unspecified atom stereocenters. The van der Waals surface area contributed by atoms with Crippen LogP contribution in [0.2, 0.25) is 5.02 Å². The minimum Gasteiger partial charge on any atom is -0.358 e. The quantitative estimate of drug-likeness (QED) is 0.433. The summed E-state index contributed by atoms with van der Waals surface area (Å²) in [5, 5.41) is 21.9. The molecule has 3 rings (SSSR count). The molecule has 0 aliphatic rings. The molecule has 27 heavy (non-hydrogen) atoms. The van der Waals surface area contributed by atoms with Crippen molar-refractivity contribution in [3.8, 4) is 0 Å². The van der Waals surface area contributed by atoms with Gasteiger partial charge in [0.05, 0.1) is 24.4 Å². The van der Waals surface area contributed by atoms with Gasteiger partial charge in [-0.05, 0) is 32.5 Å². The number of anilines is 1. The molecule has 12 heteroatoms. The van der Waals surface area contributed by atoms with E-state index < -0.39 is 4.92 Å². The van der Waals surface area contributed by atoms with Crippen molar-refractivity contribution in [1.82, 2.24) is 24.5 Å². The molecule has 1 N–H and O–H groups in total. The Hall–Kier alpha value is -2.79. The molecule has 10 nitrogen and oxygen atoms in total. The summed E-state index contributed by atoms with van der Waals surface area (Å²) in [6.45, 7) is 0.603. The van der Waals surface area contributed by atoms with Crippen LogP contribution in [0.5, 0.6) is 0 Å². The standard InChI is InChI=1S/C15H13BrClN7O3/c16-11-8-22(20-14(11)24(26)27)6-5-13(25)19-15-18-9-23(21-15)7-10-3-1-2-4-12(10)17/h1-4,8-9H,5-7H2,(H,19,21,25). The first-order chi connectivity index (χ1) is 12.9. The highest BCUT2D eigenvalue weighted by atomic mass is 79.9. The second-order valence-corrected chi connectivity index (χ2v) is 6.74. The summed E-state index contributed by atoms with van der Waals surface area (Å²) in [6, 6.07) is 7.38. The monoisotopic (exact) mass is 453 g/mol. The van der Waals surface area contributed by atoms with E-state index >= 15 is 0 Å². The number of amides is 1. The average Bonchev–Trinajstić information content (AvgIpc) is 3.21. The van der Waals surface area contributed by atoms with E-state index in [4.69, 9.17) is 11.6 Å². The van der Waals surface area contributed by atoms with Crippen molar-refractivity contribution in [3.63, 3.8) is 0 Å². The lowest BCUT2D eigenvalue weighted by molar-refractivity contribution is -0.390. The maximum atomic E-state index is 12.0. The van der Waals surface area contributed by atoms with Gasteiger partial charge in [-0.1, -0.05) is 29.8 Å². The largest absolute Gasteiger partial charge is 0.404 e. The molecular weight excluding hydrogens is 442 g/mol. The van der Waals surface area contributed by atoms with Crippen molar-refractivity contribution >= 4 is 45.2 Å². The molecule has 3 aromatic rings. The summed E-state index contributed by atoms with van der Waals surface area (Å²) in [5.41, 5.74) is 0.882. The number of carbonyl (C=O) groups excluding carboxylic acids is 1. The first-order valence-corrected chi connectivity index (χ1v) is 8.89. The third kappa shape index (κ3) is 4.89. The van der Waals surface area contributed by atoms with E-state index in [0.29, 0.717) is 11.6 Å². The van der Waals surface area contributed by atoms with Gasteiger partial charge in [-0.3, -0.25) is 10.1 Å². The average molecular weight is 455 g/mol. The zero-order chi connectivity index (χ0) is 19.4. The number of nitrogens with one attached hydrogen (secondary N) is 1. The van der Waals surface area contributed by atoms with E-state index in [1.165, 1.54) is 17.2 Å². The first kappa shape index (κ1) is 19.0. The summed E-state index contributed by atoms with van der Waals surface area (Å²) in [7, 11) is 0. The Morgan fingerprint density at radius 1 is 1.30 bits per heavy atom. The van der Waals surface area contributed by atoms with Gasteiger partial charge in [-0.15, -0.1) is 5.10 Å². The fourth-order valence-electron chi connectivity index (χ4n) is 2.26. The Balaban J connectivity index is 1.54. The number of benzene rings is 1. The predicted octanol–water partition coefficient (Wildman–Crippen LogP) is 2.88. The number of nitro groups is 1. The minimum absolute atomic E-state index is 0.0598. The van der Waals surface area contributed by atoms with E-state index in [1.54, 1.807) is 10.7 Å². The topological polar surface area (TPSA) is 121 Å². The molecule has 2 aromatic heterocycles. The van der Waals surface area contributed by atoms with Gasteiger partial charge in [0.25, 0.3) is 0 Å². The first-order valence-electron chi connectivity index (χ1n) is 7.72. The fraction of sp³-hybridized carbons (Fsp3) is 0.200. The van der Waals surface area contributed by atoms with Crippen LogP contribution < -0.4 is 5.32 Å². The highest BCUT2D eigenvalue weighted by Crippen LogP contribution is 2.22. The molecule has 0 atom stereocenters. The van der Waals surface area contributed by atoms with E-state index in [9.17, 15) is 14.9 Å². The number of carbonyl (C=O) groups is 1. The number of aryl methyl sites for hydroxylation is 1. The number of hydrogen-bond acceptors (Lipinski definition) is 6. The molecule has 0 aliphatic carbocycles. The second-order valence-electron chi connectivity index (χ2n) is 5.48. The maximum Gasteiger partial charge on any atom is 0.404 e. The molecule has 0 radical (unpaired) electrons. The molecule has 2 heterocycles. The molecule has 0 spiro atoms. The van der Waals surface area contributed by atoms with E-state index in [2.05, 4.69) is 36.4 Å². The van der Waals surface area contributed by atoms with Gasteiger partial charge >= 0.3 is 5.82 Å². The number of rotatable bonds is 7. The van der Waals surface area contributed by atoms with Crippen LogP contribution >= 0.6 is 27.5 Å². The van der Waals surface area contributed by atoms with Crippen molar-refractivity contribution in [2.75, 3.05) is 5.32 Å². The number of nitrogens with zero attached hydrogens (tertiary/aromatic N) is 6. The van der Waals surface area contributed by atoms with Gasteiger partial charge in [-0.25, -0.2) is 9.67 Å². The van der Waals surface area contributed by atoms with Crippen LogP contribution in [0.15, 0.2) is 41.3 Å². The van der Waals surface area contributed by atoms with Crippen LogP contribution in [0, 0.1) is 10.1 Å². The predicted molar refractivity (Wildman–Crippen MR) is 100 cm³/mol. The van der Waals surface area contributed by atoms with Crippen LogP contribution in [-0.4, -0.2) is 35.4 Å². The smallest absolute Gasteiger partial charge is 0.358 e. The van der Waals surface area contributed by atoms with Crippen LogP contribution in [0.3, 0.4) is 0 Å². The van der Waals surface area contributed by atoms with Crippen LogP contribution in [0.4, 0.5) is 11.8 Å². The van der Waals surface area contributed by atoms with Crippen molar-refractivity contribution in [3.05, 3.63) is 62.0 Å². The molecule has 140 valence electrons. The van der Waals surface area contributed by atoms with Crippen molar-refractivity contribution in [2.24, 2.45) is 0 Å². The van der Waals surface area contributed by atoms with Crippen molar-refractivity contribution < 1.29 is 9.72 Å². The van der Waals surface area contributed by atoms with E-state index in [0.717, 1.165) is 5.56 Å². The molecule has 0 aliphatic heterocycles. The Morgan fingerprint density at radius 3 is 2.78 bits per heavy atom. The van der Waals surface area contributed by atoms with Gasteiger partial charge in [0.2, 0.25) is 11.9 Å². The molecule has 0 saturated heterocycles. The van der Waals surface area contributed by atoms with Crippen molar-refractivity contribution in [2.45, 2.75) is 19.5 Å². The molecule has 0 fully saturated rings. The Bertz CT molecular complexity index is 987. The zero-order valence-electron chi connectivity index (χ0n) is 13.7. The molecule has 0 bridgehead atoms. The Kier molecular flexibility index (Phi) is 5.81. The van der Waals surface area contributed by atoms with Crippen molar-refractivity contribution in [1.29, 1.82) is 0 Å². The van der Waals surface area contributed by atoms with Gasteiger partial charge in [0.1, 0.15) is 10.8 Å². The maximum absolute atomic E-state index is 12.0. The summed E-state index contributed by atoms with van der Waals surface area (Å²) in [4.78, 5) is 26.2. The summed E-state index contributed by atoms with van der Waals surface area (Å²) in [6.07, 6.45) is 3.00. The third-order valence-electron chi connectivity index (χ3n) is 3.52. The molecule has 1 amide bonds. The zero-order valence-corrected chi connectivity index (χ0v) is 16.1. The molecule has 0 saturated carbocycles. The normalized spacial score (nSPS) is 10.7. The lowest BCUT2D eigenvalue weighted by Gasteiger charge is -2.03. The molecular formula is C15H13BrClN7O3. The van der Waals surface area contributed by atoms with E-state index in [1.807, 2.05) is 18.2 Å². The van der Waals surface area contributed by atoms with Gasteiger partial charge in [0.15, 0.2) is 0 Å². The third-order valence-corrected chi connectivity index (χ3v) is 4.45. The van der Waals surface area contributed by atoms with Gasteiger partial charge < -0.3 is 10.1 Å². The van der Waals surface area contributed by atoms with E-state index in [-0.39, 0.29) is 35.1 Å². The minimum atomic E-state index is -0.601. The summed E-state index contributed by atoms with van der Waals surface area (Å²) >= 11 is 9.17. The molecule has 1 aromatic carbocycles. The lowest BCUT2D eigenvalue weighted by Crippen LogP contribution is -2.16. The summed E-state index contributed by atoms with van der Waals surface area (Å²) < 4.78 is 3.14. The van der Waals surface area contributed by atoms with Gasteiger partial charge in [-0.2, -0.15) is 4.68 Å². The number of hydrogen-bond donors (Lipinski definition) is 1. The van der Waals surface area contributed by atoms with Crippen LogP contribution in [0.25, 0.3) is 0 Å². The highest BCUT2D eigenvalue weighted by Gasteiger charge is 2.19. The van der Waals surface area contributed by atoms with Crippen LogP contribution in [-0.2, 0) is 17.9 Å². The summed E-state index contributed by atoms with van der Waals surface area (Å²) in [5.74, 6) is -0.463. The number of halogens is 2. The van der Waals surface area contributed by atoms with Crippen LogP contribution in [0.1, 0.15) is 12.0 Å². The Labute approximate surface area is 166 Å².